The number of hydrogen-bond donors (Lipinski definition) is 1. The van der Waals surface area contributed by atoms with Crippen molar-refractivity contribution in [2.24, 2.45) is 5.92 Å². The Morgan fingerprint density at radius 1 is 1.50 bits per heavy atom. The van der Waals surface area contributed by atoms with Crippen molar-refractivity contribution in [1.82, 2.24) is 10.2 Å². The highest BCUT2D eigenvalue weighted by atomic mass is 16.5. The van der Waals surface area contributed by atoms with Gasteiger partial charge >= 0.3 is 6.03 Å². The molecule has 1 aliphatic heterocycles. The van der Waals surface area contributed by atoms with Gasteiger partial charge in [0.25, 0.3) is 0 Å². The molecule has 5 heteroatoms. The minimum Gasteiger partial charge on any atom is -0.374 e. The molecule has 0 bridgehead atoms. The lowest BCUT2D eigenvalue weighted by Gasteiger charge is -2.36. The number of urea groups is 1. The molecular weight excluding hydrogens is 208 g/mol. The monoisotopic (exact) mass is 228 g/mol. The molecule has 92 valence electrons. The Bertz CT molecular complexity index is 289. The van der Waals surface area contributed by atoms with Crippen LogP contribution in [0.15, 0.2) is 0 Å². The van der Waals surface area contributed by atoms with E-state index in [4.69, 9.17) is 4.74 Å². The minimum atomic E-state index is -0.383. The van der Waals surface area contributed by atoms with E-state index in [1.807, 2.05) is 27.7 Å². The second-order valence-corrected chi connectivity index (χ2v) is 4.77. The highest BCUT2D eigenvalue weighted by Crippen LogP contribution is 2.15. The van der Waals surface area contributed by atoms with Crippen LogP contribution in [-0.4, -0.2) is 42.1 Å². The molecule has 1 fully saturated rings. The zero-order valence-corrected chi connectivity index (χ0v) is 10.4. The average molecular weight is 228 g/mol. The van der Waals surface area contributed by atoms with E-state index in [0.717, 1.165) is 0 Å². The van der Waals surface area contributed by atoms with Crippen molar-refractivity contribution < 1.29 is 14.3 Å². The third-order valence-corrected chi connectivity index (χ3v) is 2.57. The van der Waals surface area contributed by atoms with E-state index in [0.29, 0.717) is 19.7 Å². The minimum absolute atomic E-state index is 0.157. The number of rotatable bonds is 4. The summed E-state index contributed by atoms with van der Waals surface area (Å²) in [7, 11) is 0. The molecule has 1 saturated heterocycles. The standard InChI is InChI=1S/C11H20N2O3/c1-5-16-11(3,4)7-13-6-8(2)9(14)12-10(13)15/h8H,5-7H2,1-4H3,(H,12,14,15). The van der Waals surface area contributed by atoms with E-state index >= 15 is 0 Å². The molecule has 5 nitrogen and oxygen atoms in total. The van der Waals surface area contributed by atoms with E-state index in [-0.39, 0.29) is 23.5 Å². The fraction of sp³-hybridized carbons (Fsp3) is 0.818. The lowest BCUT2D eigenvalue weighted by atomic mass is 10.1. The van der Waals surface area contributed by atoms with Crippen LogP contribution >= 0.6 is 0 Å². The Hall–Kier alpha value is -1.10. The Morgan fingerprint density at radius 3 is 2.69 bits per heavy atom. The van der Waals surface area contributed by atoms with Crippen molar-refractivity contribution in [3.8, 4) is 0 Å². The summed E-state index contributed by atoms with van der Waals surface area (Å²) in [6.45, 7) is 9.16. The Balaban J connectivity index is 2.60. The number of nitrogens with zero attached hydrogens (tertiary/aromatic N) is 1. The van der Waals surface area contributed by atoms with Gasteiger partial charge in [-0.2, -0.15) is 0 Å². The zero-order valence-electron chi connectivity index (χ0n) is 10.4. The van der Waals surface area contributed by atoms with Crippen LogP contribution in [0.25, 0.3) is 0 Å². The van der Waals surface area contributed by atoms with Crippen LogP contribution in [0.2, 0.25) is 0 Å². The van der Waals surface area contributed by atoms with Crippen molar-refractivity contribution >= 4 is 11.9 Å². The first kappa shape index (κ1) is 13.0. The molecule has 16 heavy (non-hydrogen) atoms. The van der Waals surface area contributed by atoms with E-state index in [9.17, 15) is 9.59 Å². The molecule has 0 radical (unpaired) electrons. The second-order valence-electron chi connectivity index (χ2n) is 4.77. The summed E-state index contributed by atoms with van der Waals surface area (Å²) in [6.07, 6.45) is 0. The molecule has 1 atom stereocenters. The summed E-state index contributed by atoms with van der Waals surface area (Å²) < 4.78 is 5.54. The van der Waals surface area contributed by atoms with E-state index in [1.165, 1.54) is 0 Å². The topological polar surface area (TPSA) is 58.6 Å². The van der Waals surface area contributed by atoms with Crippen molar-refractivity contribution in [2.45, 2.75) is 33.3 Å². The predicted octanol–water partition coefficient (Wildman–Crippen LogP) is 0.989. The zero-order chi connectivity index (χ0) is 12.3. The molecule has 0 saturated carbocycles. The third-order valence-electron chi connectivity index (χ3n) is 2.57. The highest BCUT2D eigenvalue weighted by Gasteiger charge is 2.32. The SMILES string of the molecule is CCOC(C)(C)CN1CC(C)C(=O)NC1=O. The number of ether oxygens (including phenoxy) is 1. The van der Waals surface area contributed by atoms with Gasteiger partial charge in [0.1, 0.15) is 0 Å². The number of carbonyl (C=O) groups is 2. The molecule has 1 rings (SSSR count). The van der Waals surface area contributed by atoms with Crippen LogP contribution in [0.1, 0.15) is 27.7 Å². The second kappa shape index (κ2) is 4.82. The average Bonchev–Trinajstić information content (AvgIpc) is 2.13. The van der Waals surface area contributed by atoms with Gasteiger partial charge in [-0.15, -0.1) is 0 Å². The van der Waals surface area contributed by atoms with Crippen molar-refractivity contribution in [2.75, 3.05) is 19.7 Å². The summed E-state index contributed by atoms with van der Waals surface area (Å²) >= 11 is 0. The highest BCUT2D eigenvalue weighted by molar-refractivity contribution is 5.97. The molecule has 1 unspecified atom stereocenters. The molecule has 0 aromatic heterocycles. The van der Waals surface area contributed by atoms with Crippen LogP contribution in [-0.2, 0) is 9.53 Å². The van der Waals surface area contributed by atoms with Gasteiger partial charge in [-0.3, -0.25) is 10.1 Å². The van der Waals surface area contributed by atoms with Gasteiger partial charge in [0.2, 0.25) is 5.91 Å². The molecule has 0 aliphatic carbocycles. The molecule has 0 aromatic rings. The summed E-state index contributed by atoms with van der Waals surface area (Å²) in [4.78, 5) is 24.4. The van der Waals surface area contributed by atoms with Gasteiger partial charge in [0.05, 0.1) is 18.1 Å². The third kappa shape index (κ3) is 3.20. The van der Waals surface area contributed by atoms with Crippen LogP contribution in [0.5, 0.6) is 0 Å². The molecule has 1 heterocycles. The molecule has 1 aliphatic rings. The fourth-order valence-electron chi connectivity index (χ4n) is 1.84. The largest absolute Gasteiger partial charge is 0.374 e. The van der Waals surface area contributed by atoms with Crippen molar-refractivity contribution in [1.29, 1.82) is 0 Å². The molecule has 0 aromatic carbocycles. The van der Waals surface area contributed by atoms with E-state index in [2.05, 4.69) is 5.32 Å². The first-order chi connectivity index (χ1) is 7.35. The summed E-state index contributed by atoms with van der Waals surface area (Å²) in [5, 5.41) is 2.34. The number of imide groups is 1. The van der Waals surface area contributed by atoms with Crippen LogP contribution < -0.4 is 5.32 Å². The van der Waals surface area contributed by atoms with Crippen molar-refractivity contribution in [3.63, 3.8) is 0 Å². The maximum absolute atomic E-state index is 11.6. The summed E-state index contributed by atoms with van der Waals surface area (Å²) in [5.74, 6) is -0.356. The fourth-order valence-corrected chi connectivity index (χ4v) is 1.84. The number of carbonyl (C=O) groups excluding carboxylic acids is 2. The number of amides is 3. The Kier molecular flexibility index (Phi) is 3.91. The van der Waals surface area contributed by atoms with E-state index < -0.39 is 0 Å². The Morgan fingerprint density at radius 2 is 2.12 bits per heavy atom. The molecule has 1 N–H and O–H groups in total. The number of hydrogen-bond acceptors (Lipinski definition) is 3. The summed E-state index contributed by atoms with van der Waals surface area (Å²) in [6, 6.07) is -0.323. The smallest absolute Gasteiger partial charge is 0.324 e. The maximum Gasteiger partial charge on any atom is 0.324 e. The van der Waals surface area contributed by atoms with Crippen LogP contribution in [0, 0.1) is 5.92 Å². The van der Waals surface area contributed by atoms with Gasteiger partial charge in [-0.05, 0) is 20.8 Å². The molecular formula is C11H20N2O3. The van der Waals surface area contributed by atoms with Gasteiger partial charge in [-0.25, -0.2) is 4.79 Å². The first-order valence-corrected chi connectivity index (χ1v) is 5.59. The van der Waals surface area contributed by atoms with Gasteiger partial charge in [0.15, 0.2) is 0 Å². The van der Waals surface area contributed by atoms with Crippen molar-refractivity contribution in [3.05, 3.63) is 0 Å². The lowest BCUT2D eigenvalue weighted by molar-refractivity contribution is -0.126. The molecule has 3 amide bonds. The normalized spacial score (nSPS) is 22.2. The first-order valence-electron chi connectivity index (χ1n) is 5.59. The predicted molar refractivity (Wildman–Crippen MR) is 60.0 cm³/mol. The van der Waals surface area contributed by atoms with E-state index in [1.54, 1.807) is 4.90 Å². The van der Waals surface area contributed by atoms with Crippen LogP contribution in [0.3, 0.4) is 0 Å². The Labute approximate surface area is 96.1 Å². The number of nitrogens with one attached hydrogen (secondary N) is 1. The van der Waals surface area contributed by atoms with Gasteiger partial charge in [-0.1, -0.05) is 6.92 Å². The van der Waals surface area contributed by atoms with Gasteiger partial charge in [0, 0.05) is 13.2 Å². The van der Waals surface area contributed by atoms with Gasteiger partial charge < -0.3 is 9.64 Å². The lowest BCUT2D eigenvalue weighted by Crippen LogP contribution is -2.57. The summed E-state index contributed by atoms with van der Waals surface area (Å²) in [5.41, 5.74) is -0.383. The maximum atomic E-state index is 11.6. The quantitative estimate of drug-likeness (QED) is 0.780. The molecule has 0 spiro atoms. The van der Waals surface area contributed by atoms with Crippen LogP contribution in [0.4, 0.5) is 4.79 Å².